The molecule has 106 valence electrons. The zero-order valence-corrected chi connectivity index (χ0v) is 13.2. The number of ketones is 1. The van der Waals surface area contributed by atoms with E-state index in [-0.39, 0.29) is 5.78 Å². The molecule has 4 heteroatoms. The third kappa shape index (κ3) is 3.26. The average molecular weight is 318 g/mol. The van der Waals surface area contributed by atoms with Gasteiger partial charge < -0.3 is 0 Å². The first-order valence-electron chi connectivity index (χ1n) is 6.40. The molecule has 0 fully saturated rings. The average Bonchev–Trinajstić information content (AvgIpc) is 2.46. The van der Waals surface area contributed by atoms with Gasteiger partial charge in [0.05, 0.1) is 16.1 Å². The molecular weight excluding hydrogens is 305 g/mol. The molecule has 2 aromatic carbocycles. The van der Waals surface area contributed by atoms with Gasteiger partial charge in [-0.1, -0.05) is 41.4 Å². The van der Waals surface area contributed by atoms with E-state index in [9.17, 15) is 10.1 Å². The summed E-state index contributed by atoms with van der Waals surface area (Å²) < 4.78 is 0. The van der Waals surface area contributed by atoms with Crippen LogP contribution in [0, 0.1) is 25.2 Å². The fourth-order valence-electron chi connectivity index (χ4n) is 2.04. The predicted molar refractivity (Wildman–Crippen MR) is 85.1 cm³/mol. The van der Waals surface area contributed by atoms with Gasteiger partial charge in [0.2, 0.25) is 0 Å². The van der Waals surface area contributed by atoms with E-state index < -0.39 is 5.92 Å². The molecular formula is C17H13Cl2NO. The number of rotatable bonds is 3. The molecule has 0 aliphatic rings. The minimum Gasteiger partial charge on any atom is -0.292 e. The van der Waals surface area contributed by atoms with Gasteiger partial charge in [-0.25, -0.2) is 0 Å². The van der Waals surface area contributed by atoms with Crippen molar-refractivity contribution < 1.29 is 4.79 Å². The second-order valence-corrected chi connectivity index (χ2v) is 5.71. The van der Waals surface area contributed by atoms with Crippen molar-refractivity contribution in [3.05, 3.63) is 68.7 Å². The van der Waals surface area contributed by atoms with Gasteiger partial charge in [0, 0.05) is 5.56 Å². The number of carbonyl (C=O) groups excluding carboxylic acids is 1. The second-order valence-electron chi connectivity index (χ2n) is 4.90. The monoisotopic (exact) mass is 317 g/mol. The summed E-state index contributed by atoms with van der Waals surface area (Å²) in [5.41, 5.74) is 3.20. The van der Waals surface area contributed by atoms with Crippen LogP contribution in [0.1, 0.15) is 33.0 Å². The quantitative estimate of drug-likeness (QED) is 0.739. The number of aryl methyl sites for hydroxylation is 2. The molecule has 0 aliphatic carbocycles. The van der Waals surface area contributed by atoms with Gasteiger partial charge in [0.1, 0.15) is 5.92 Å². The Balaban J connectivity index is 2.41. The zero-order valence-electron chi connectivity index (χ0n) is 11.7. The van der Waals surface area contributed by atoms with Crippen LogP contribution in [0.5, 0.6) is 0 Å². The Kier molecular flexibility index (Phi) is 4.67. The first-order valence-corrected chi connectivity index (χ1v) is 7.15. The molecule has 2 rings (SSSR count). The highest BCUT2D eigenvalue weighted by Crippen LogP contribution is 2.28. The summed E-state index contributed by atoms with van der Waals surface area (Å²) in [6, 6.07) is 12.3. The van der Waals surface area contributed by atoms with Crippen LogP contribution in [0.4, 0.5) is 0 Å². The van der Waals surface area contributed by atoms with Gasteiger partial charge in [0.25, 0.3) is 0 Å². The summed E-state index contributed by atoms with van der Waals surface area (Å²) in [6.45, 7) is 3.91. The molecule has 1 atom stereocenters. The van der Waals surface area contributed by atoms with Gasteiger partial charge in [-0.05, 0) is 48.7 Å². The third-order valence-corrected chi connectivity index (χ3v) is 4.20. The molecule has 0 bridgehead atoms. The standard InChI is InChI=1S/C17H13Cl2NO/c1-10-3-4-13(7-11(10)2)17(21)14(9-20)12-5-6-15(18)16(19)8-12/h3-8,14H,1-2H3. The van der Waals surface area contributed by atoms with Crippen LogP contribution in [0.25, 0.3) is 0 Å². The van der Waals surface area contributed by atoms with Crippen LogP contribution in [-0.4, -0.2) is 5.78 Å². The Morgan fingerprint density at radius 3 is 2.33 bits per heavy atom. The molecule has 2 nitrogen and oxygen atoms in total. The maximum Gasteiger partial charge on any atom is 0.184 e. The Morgan fingerprint density at radius 2 is 1.76 bits per heavy atom. The first kappa shape index (κ1) is 15.6. The molecule has 2 aromatic rings. The van der Waals surface area contributed by atoms with E-state index in [1.54, 1.807) is 30.3 Å². The zero-order chi connectivity index (χ0) is 15.6. The molecule has 0 aromatic heterocycles. The molecule has 1 unspecified atom stereocenters. The van der Waals surface area contributed by atoms with E-state index in [4.69, 9.17) is 23.2 Å². The van der Waals surface area contributed by atoms with Crippen molar-refractivity contribution in [1.29, 1.82) is 5.26 Å². The lowest BCUT2D eigenvalue weighted by Crippen LogP contribution is -2.11. The number of nitriles is 1. The smallest absolute Gasteiger partial charge is 0.184 e. The highest BCUT2D eigenvalue weighted by Gasteiger charge is 2.22. The van der Waals surface area contributed by atoms with Crippen molar-refractivity contribution in [2.24, 2.45) is 0 Å². The third-order valence-electron chi connectivity index (χ3n) is 3.46. The lowest BCUT2D eigenvalue weighted by atomic mass is 9.90. The second kappa shape index (κ2) is 6.30. The number of Topliss-reactive ketones (excluding diaryl/α,β-unsaturated/α-hetero) is 1. The SMILES string of the molecule is Cc1ccc(C(=O)C(C#N)c2ccc(Cl)c(Cl)c2)cc1C. The van der Waals surface area contributed by atoms with Crippen LogP contribution in [0.15, 0.2) is 36.4 Å². The van der Waals surface area contributed by atoms with Gasteiger partial charge in [-0.3, -0.25) is 4.79 Å². The van der Waals surface area contributed by atoms with E-state index >= 15 is 0 Å². The fourth-order valence-corrected chi connectivity index (χ4v) is 2.34. The van der Waals surface area contributed by atoms with Crippen molar-refractivity contribution in [2.45, 2.75) is 19.8 Å². The number of nitrogens with zero attached hydrogens (tertiary/aromatic N) is 1. The molecule has 0 N–H and O–H groups in total. The maximum absolute atomic E-state index is 12.5. The Morgan fingerprint density at radius 1 is 1.05 bits per heavy atom. The number of halogens is 2. The summed E-state index contributed by atoms with van der Waals surface area (Å²) >= 11 is 11.8. The first-order chi connectivity index (χ1) is 9.93. The largest absolute Gasteiger partial charge is 0.292 e. The van der Waals surface area contributed by atoms with Crippen molar-refractivity contribution in [2.75, 3.05) is 0 Å². The summed E-state index contributed by atoms with van der Waals surface area (Å²) in [4.78, 5) is 12.5. The maximum atomic E-state index is 12.5. The van der Waals surface area contributed by atoms with Crippen molar-refractivity contribution >= 4 is 29.0 Å². The van der Waals surface area contributed by atoms with E-state index in [1.165, 1.54) is 0 Å². The molecule has 0 saturated carbocycles. The van der Waals surface area contributed by atoms with Crippen LogP contribution < -0.4 is 0 Å². The van der Waals surface area contributed by atoms with Crippen LogP contribution in [0.3, 0.4) is 0 Å². The number of hydrogen-bond donors (Lipinski definition) is 0. The van der Waals surface area contributed by atoms with Crippen molar-refractivity contribution in [1.82, 2.24) is 0 Å². The highest BCUT2D eigenvalue weighted by molar-refractivity contribution is 6.42. The normalized spacial score (nSPS) is 11.8. The van der Waals surface area contributed by atoms with E-state index in [1.807, 2.05) is 26.0 Å². The topological polar surface area (TPSA) is 40.9 Å². The highest BCUT2D eigenvalue weighted by atomic mass is 35.5. The van der Waals surface area contributed by atoms with E-state index in [0.717, 1.165) is 11.1 Å². The summed E-state index contributed by atoms with van der Waals surface area (Å²) in [6.07, 6.45) is 0. The number of benzene rings is 2. The minimum atomic E-state index is -0.887. The van der Waals surface area contributed by atoms with E-state index in [2.05, 4.69) is 0 Å². The molecule has 0 aliphatic heterocycles. The molecule has 21 heavy (non-hydrogen) atoms. The Hall–Kier alpha value is -1.82. The Bertz CT molecular complexity index is 747. The van der Waals surface area contributed by atoms with E-state index in [0.29, 0.717) is 21.2 Å². The minimum absolute atomic E-state index is 0.237. The lowest BCUT2D eigenvalue weighted by molar-refractivity contribution is 0.0979. The summed E-state index contributed by atoms with van der Waals surface area (Å²) in [7, 11) is 0. The van der Waals surface area contributed by atoms with Crippen LogP contribution in [-0.2, 0) is 0 Å². The van der Waals surface area contributed by atoms with Crippen molar-refractivity contribution in [3.8, 4) is 6.07 Å². The number of carbonyl (C=O) groups is 1. The van der Waals surface area contributed by atoms with Gasteiger partial charge in [-0.2, -0.15) is 5.26 Å². The van der Waals surface area contributed by atoms with Crippen LogP contribution >= 0.6 is 23.2 Å². The summed E-state index contributed by atoms with van der Waals surface area (Å²) in [5.74, 6) is -1.12. The van der Waals surface area contributed by atoms with Gasteiger partial charge >= 0.3 is 0 Å². The molecule has 0 heterocycles. The Labute approximate surface area is 133 Å². The molecule has 0 saturated heterocycles. The lowest BCUT2D eigenvalue weighted by Gasteiger charge is -2.11. The van der Waals surface area contributed by atoms with Gasteiger partial charge in [-0.15, -0.1) is 0 Å². The fraction of sp³-hybridized carbons (Fsp3) is 0.176. The number of hydrogen-bond acceptors (Lipinski definition) is 2. The van der Waals surface area contributed by atoms with Crippen LogP contribution in [0.2, 0.25) is 10.0 Å². The summed E-state index contributed by atoms with van der Waals surface area (Å²) in [5, 5.41) is 10.1. The molecule has 0 radical (unpaired) electrons. The van der Waals surface area contributed by atoms with Gasteiger partial charge in [0.15, 0.2) is 5.78 Å². The molecule has 0 amide bonds. The predicted octanol–water partition coefficient (Wildman–Crippen LogP) is 5.10. The molecule has 0 spiro atoms. The van der Waals surface area contributed by atoms with Crippen molar-refractivity contribution in [3.63, 3.8) is 0 Å².